The van der Waals surface area contributed by atoms with Crippen molar-refractivity contribution in [1.82, 2.24) is 4.98 Å². The van der Waals surface area contributed by atoms with E-state index in [4.69, 9.17) is 5.11 Å². The summed E-state index contributed by atoms with van der Waals surface area (Å²) in [4.78, 5) is 25.5. The third-order valence-electron chi connectivity index (χ3n) is 2.93. The van der Waals surface area contributed by atoms with Crippen LogP contribution in [0.3, 0.4) is 0 Å². The van der Waals surface area contributed by atoms with Crippen LogP contribution in [-0.4, -0.2) is 21.8 Å². The van der Waals surface area contributed by atoms with Crippen molar-refractivity contribution in [3.8, 4) is 0 Å². The summed E-state index contributed by atoms with van der Waals surface area (Å²) in [5, 5.41) is 9.46. The zero-order valence-corrected chi connectivity index (χ0v) is 10.2. The Morgan fingerprint density at radius 2 is 2.06 bits per heavy atom. The number of H-pyrrole nitrogens is 1. The molecule has 2 aromatic rings. The number of rotatable bonds is 5. The second-order valence-corrected chi connectivity index (χ2v) is 4.42. The van der Waals surface area contributed by atoms with Crippen molar-refractivity contribution in [2.75, 3.05) is 0 Å². The number of fused-ring (bicyclic) bond motifs is 1. The molecule has 0 unspecified atom stereocenters. The minimum atomic E-state index is -0.863. The van der Waals surface area contributed by atoms with E-state index in [1.54, 1.807) is 6.20 Å². The second kappa shape index (κ2) is 5.04. The van der Waals surface area contributed by atoms with Gasteiger partial charge in [0.25, 0.3) is 0 Å². The molecule has 4 heteroatoms. The number of hydrogen-bond donors (Lipinski definition) is 2. The Balaban J connectivity index is 2.17. The number of carboxylic acid groups (broad SMARTS) is 1. The van der Waals surface area contributed by atoms with Crippen LogP contribution in [0.2, 0.25) is 0 Å². The number of aromatic nitrogens is 1. The van der Waals surface area contributed by atoms with Crippen molar-refractivity contribution < 1.29 is 14.7 Å². The molecule has 2 N–H and O–H groups in total. The van der Waals surface area contributed by atoms with Gasteiger partial charge in [0.1, 0.15) is 0 Å². The summed E-state index contributed by atoms with van der Waals surface area (Å²) in [7, 11) is 0. The summed E-state index contributed by atoms with van der Waals surface area (Å²) >= 11 is 0. The van der Waals surface area contributed by atoms with Gasteiger partial charge < -0.3 is 10.1 Å². The molecule has 0 aliphatic heterocycles. The molecule has 94 valence electrons. The van der Waals surface area contributed by atoms with E-state index in [-0.39, 0.29) is 18.6 Å². The lowest BCUT2D eigenvalue weighted by Crippen LogP contribution is -2.01. The van der Waals surface area contributed by atoms with Gasteiger partial charge in [0.2, 0.25) is 0 Å². The fraction of sp³-hybridized carbons (Fsp3) is 0.286. The molecular formula is C14H15NO3. The van der Waals surface area contributed by atoms with Crippen molar-refractivity contribution in [1.29, 1.82) is 0 Å². The zero-order chi connectivity index (χ0) is 13.1. The van der Waals surface area contributed by atoms with Gasteiger partial charge in [-0.05, 0) is 25.5 Å². The Labute approximate surface area is 105 Å². The number of aliphatic carboxylic acids is 1. The first-order chi connectivity index (χ1) is 8.58. The molecule has 0 fully saturated rings. The number of aryl methyl sites for hydroxylation is 1. The van der Waals surface area contributed by atoms with Crippen LogP contribution in [0.15, 0.2) is 24.4 Å². The highest BCUT2D eigenvalue weighted by molar-refractivity contribution is 6.08. The summed E-state index contributed by atoms with van der Waals surface area (Å²) in [5.74, 6) is -0.870. The van der Waals surface area contributed by atoms with Gasteiger partial charge in [0.15, 0.2) is 5.78 Å². The molecule has 0 radical (unpaired) electrons. The minimum absolute atomic E-state index is 0.00639. The van der Waals surface area contributed by atoms with Crippen LogP contribution in [-0.2, 0) is 4.79 Å². The predicted molar refractivity (Wildman–Crippen MR) is 68.9 cm³/mol. The fourth-order valence-corrected chi connectivity index (χ4v) is 2.00. The number of hydrogen-bond acceptors (Lipinski definition) is 2. The lowest BCUT2D eigenvalue weighted by Gasteiger charge is -1.99. The number of carbonyl (C=O) groups is 2. The molecule has 1 heterocycles. The lowest BCUT2D eigenvalue weighted by atomic mass is 10.0. The predicted octanol–water partition coefficient (Wildman–Crippen LogP) is 2.91. The average molecular weight is 245 g/mol. The molecule has 0 spiro atoms. The Morgan fingerprint density at radius 3 is 2.78 bits per heavy atom. The molecule has 1 aromatic carbocycles. The van der Waals surface area contributed by atoms with Gasteiger partial charge in [-0.1, -0.05) is 11.6 Å². The van der Waals surface area contributed by atoms with Gasteiger partial charge in [0.05, 0.1) is 0 Å². The van der Waals surface area contributed by atoms with E-state index < -0.39 is 5.97 Å². The van der Waals surface area contributed by atoms with Crippen molar-refractivity contribution >= 4 is 22.7 Å². The Kier molecular flexibility index (Phi) is 3.46. The SMILES string of the molecule is Cc1ccc2[nH]cc(C(=O)CCCC(=O)O)c2c1. The molecule has 0 aliphatic carbocycles. The fourth-order valence-electron chi connectivity index (χ4n) is 2.00. The number of ketones is 1. The first-order valence-electron chi connectivity index (χ1n) is 5.90. The largest absolute Gasteiger partial charge is 0.481 e. The molecule has 18 heavy (non-hydrogen) atoms. The van der Waals surface area contributed by atoms with E-state index in [9.17, 15) is 9.59 Å². The lowest BCUT2D eigenvalue weighted by molar-refractivity contribution is -0.137. The molecule has 4 nitrogen and oxygen atoms in total. The highest BCUT2D eigenvalue weighted by Crippen LogP contribution is 2.21. The Hall–Kier alpha value is -2.10. The third kappa shape index (κ3) is 2.59. The average Bonchev–Trinajstić information content (AvgIpc) is 2.71. The zero-order valence-electron chi connectivity index (χ0n) is 10.2. The first kappa shape index (κ1) is 12.4. The number of carboxylic acids is 1. The molecule has 0 saturated carbocycles. The van der Waals surface area contributed by atoms with Crippen LogP contribution in [0.25, 0.3) is 10.9 Å². The van der Waals surface area contributed by atoms with E-state index in [0.717, 1.165) is 16.5 Å². The second-order valence-electron chi connectivity index (χ2n) is 4.42. The quantitative estimate of drug-likeness (QED) is 0.796. The maximum atomic E-state index is 12.0. The number of carbonyl (C=O) groups excluding carboxylic acids is 1. The molecule has 2 rings (SSSR count). The van der Waals surface area contributed by atoms with E-state index in [0.29, 0.717) is 12.0 Å². The van der Waals surface area contributed by atoms with Gasteiger partial charge in [-0.3, -0.25) is 9.59 Å². The number of benzene rings is 1. The summed E-state index contributed by atoms with van der Waals surface area (Å²) in [6, 6.07) is 5.90. The summed E-state index contributed by atoms with van der Waals surface area (Å²) in [5.41, 5.74) is 2.68. The van der Waals surface area contributed by atoms with E-state index in [1.807, 2.05) is 25.1 Å². The van der Waals surface area contributed by atoms with Crippen LogP contribution >= 0.6 is 0 Å². The van der Waals surface area contributed by atoms with Crippen molar-refractivity contribution in [2.24, 2.45) is 0 Å². The monoisotopic (exact) mass is 245 g/mol. The summed E-state index contributed by atoms with van der Waals surface area (Å²) < 4.78 is 0. The maximum absolute atomic E-state index is 12.0. The van der Waals surface area contributed by atoms with Crippen molar-refractivity contribution in [3.05, 3.63) is 35.5 Å². The van der Waals surface area contributed by atoms with Crippen LogP contribution in [0.1, 0.15) is 35.2 Å². The standard InChI is InChI=1S/C14H15NO3/c1-9-5-6-12-10(7-9)11(8-15-12)13(16)3-2-4-14(17)18/h5-8,15H,2-4H2,1H3,(H,17,18). The van der Waals surface area contributed by atoms with Gasteiger partial charge in [-0.15, -0.1) is 0 Å². The van der Waals surface area contributed by atoms with Crippen LogP contribution < -0.4 is 0 Å². The Morgan fingerprint density at radius 1 is 1.28 bits per heavy atom. The van der Waals surface area contributed by atoms with Crippen LogP contribution in [0.4, 0.5) is 0 Å². The minimum Gasteiger partial charge on any atom is -0.481 e. The van der Waals surface area contributed by atoms with Crippen LogP contribution in [0.5, 0.6) is 0 Å². The highest BCUT2D eigenvalue weighted by atomic mass is 16.4. The van der Waals surface area contributed by atoms with Gasteiger partial charge in [0, 0.05) is 35.5 Å². The van der Waals surface area contributed by atoms with Crippen LogP contribution in [0, 0.1) is 6.92 Å². The third-order valence-corrected chi connectivity index (χ3v) is 2.93. The van der Waals surface area contributed by atoms with E-state index in [1.165, 1.54) is 0 Å². The Bertz CT molecular complexity index is 598. The normalized spacial score (nSPS) is 10.7. The molecule has 0 bridgehead atoms. The summed E-state index contributed by atoms with van der Waals surface area (Å²) in [6.07, 6.45) is 2.39. The topological polar surface area (TPSA) is 70.2 Å². The number of aromatic amines is 1. The maximum Gasteiger partial charge on any atom is 0.303 e. The molecule has 0 aliphatic rings. The van der Waals surface area contributed by atoms with E-state index in [2.05, 4.69) is 4.98 Å². The molecule has 0 saturated heterocycles. The summed E-state index contributed by atoms with van der Waals surface area (Å²) in [6.45, 7) is 1.98. The number of Topliss-reactive ketones (excluding diaryl/α,β-unsaturated/α-hetero) is 1. The molecule has 0 atom stereocenters. The molecular weight excluding hydrogens is 230 g/mol. The van der Waals surface area contributed by atoms with Gasteiger partial charge >= 0.3 is 5.97 Å². The molecule has 1 aromatic heterocycles. The van der Waals surface area contributed by atoms with Gasteiger partial charge in [-0.2, -0.15) is 0 Å². The molecule has 0 amide bonds. The number of nitrogens with one attached hydrogen (secondary N) is 1. The van der Waals surface area contributed by atoms with E-state index >= 15 is 0 Å². The first-order valence-corrected chi connectivity index (χ1v) is 5.90. The highest BCUT2D eigenvalue weighted by Gasteiger charge is 2.12. The van der Waals surface area contributed by atoms with Crippen molar-refractivity contribution in [2.45, 2.75) is 26.2 Å². The smallest absolute Gasteiger partial charge is 0.303 e. The van der Waals surface area contributed by atoms with Gasteiger partial charge in [-0.25, -0.2) is 0 Å². The van der Waals surface area contributed by atoms with Crippen molar-refractivity contribution in [3.63, 3.8) is 0 Å².